The summed E-state index contributed by atoms with van der Waals surface area (Å²) in [6.45, 7) is 6.39. The Hall–Kier alpha value is -2.34. The molecular formula is C17H19N3O2S. The van der Waals surface area contributed by atoms with E-state index in [1.807, 2.05) is 22.9 Å². The molecule has 0 saturated heterocycles. The molecule has 3 rings (SSSR count). The minimum absolute atomic E-state index is 0.339. The van der Waals surface area contributed by atoms with E-state index in [-0.39, 0.29) is 0 Å². The summed E-state index contributed by atoms with van der Waals surface area (Å²) in [5.74, 6) is 0.373. The number of nitrogens with zero attached hydrogens (tertiary/aromatic N) is 2. The molecule has 0 spiro atoms. The highest BCUT2D eigenvalue weighted by Crippen LogP contribution is 2.29. The average Bonchev–Trinajstić information content (AvgIpc) is 3.24. The topological polar surface area (TPSA) is 70.9 Å². The van der Waals surface area contributed by atoms with Crippen LogP contribution in [0.4, 0.5) is 0 Å². The number of H-pyrrole nitrogens is 1. The van der Waals surface area contributed by atoms with E-state index in [1.165, 1.54) is 11.3 Å². The smallest absolute Gasteiger partial charge is 0.345 e. The molecule has 0 aromatic carbocycles. The van der Waals surface area contributed by atoms with Crippen LogP contribution in [0.5, 0.6) is 0 Å². The third kappa shape index (κ3) is 2.94. The van der Waals surface area contributed by atoms with Gasteiger partial charge in [0.25, 0.3) is 0 Å². The summed E-state index contributed by atoms with van der Waals surface area (Å²) in [5, 5.41) is 13.7. The van der Waals surface area contributed by atoms with Crippen LogP contribution in [0, 0.1) is 0 Å². The maximum absolute atomic E-state index is 11.0. The molecule has 0 unspecified atom stereocenters. The monoisotopic (exact) mass is 329 g/mol. The van der Waals surface area contributed by atoms with Gasteiger partial charge in [-0.05, 0) is 42.7 Å². The minimum Gasteiger partial charge on any atom is -0.477 e. The van der Waals surface area contributed by atoms with Gasteiger partial charge in [-0.1, -0.05) is 20.8 Å². The number of carbonyl (C=O) groups is 1. The Morgan fingerprint density at radius 3 is 2.74 bits per heavy atom. The van der Waals surface area contributed by atoms with Gasteiger partial charge in [0.1, 0.15) is 10.7 Å². The maximum Gasteiger partial charge on any atom is 0.345 e. The molecule has 120 valence electrons. The van der Waals surface area contributed by atoms with Gasteiger partial charge < -0.3 is 10.1 Å². The van der Waals surface area contributed by atoms with Crippen LogP contribution >= 0.6 is 11.3 Å². The number of aromatic carboxylic acids is 1. The van der Waals surface area contributed by atoms with Gasteiger partial charge in [-0.25, -0.2) is 9.48 Å². The van der Waals surface area contributed by atoms with E-state index in [1.54, 1.807) is 6.07 Å². The number of carboxylic acids is 1. The molecule has 0 aliphatic heterocycles. The summed E-state index contributed by atoms with van der Waals surface area (Å²) >= 11 is 1.26. The van der Waals surface area contributed by atoms with Crippen LogP contribution in [-0.4, -0.2) is 25.8 Å². The molecule has 0 atom stereocenters. The van der Waals surface area contributed by atoms with E-state index >= 15 is 0 Å². The van der Waals surface area contributed by atoms with E-state index in [0.29, 0.717) is 10.8 Å². The summed E-state index contributed by atoms with van der Waals surface area (Å²) < 4.78 is 1.94. The number of nitrogens with one attached hydrogen (secondary N) is 1. The normalized spacial score (nSPS) is 11.3. The van der Waals surface area contributed by atoms with Crippen LogP contribution in [0.1, 0.15) is 47.7 Å². The van der Waals surface area contributed by atoms with Gasteiger partial charge in [0.2, 0.25) is 0 Å². The Labute approximate surface area is 138 Å². The van der Waals surface area contributed by atoms with Gasteiger partial charge in [0.15, 0.2) is 0 Å². The third-order valence-corrected chi connectivity index (χ3v) is 4.83. The van der Waals surface area contributed by atoms with Crippen molar-refractivity contribution in [3.63, 3.8) is 0 Å². The first-order valence-corrected chi connectivity index (χ1v) is 8.43. The molecule has 5 nitrogen and oxygen atoms in total. The number of carboxylic acid groups (broad SMARTS) is 1. The maximum atomic E-state index is 11.0. The fourth-order valence-electron chi connectivity index (χ4n) is 2.47. The average molecular weight is 329 g/mol. The Balaban J connectivity index is 1.98. The second kappa shape index (κ2) is 6.04. The summed E-state index contributed by atoms with van der Waals surface area (Å²) in [5.41, 5.74) is 3.13. The zero-order valence-electron chi connectivity index (χ0n) is 13.3. The van der Waals surface area contributed by atoms with Gasteiger partial charge in [-0.3, -0.25) is 0 Å². The molecule has 0 aliphatic carbocycles. The number of hydrogen-bond acceptors (Lipinski definition) is 3. The fourth-order valence-corrected chi connectivity index (χ4v) is 3.30. The van der Waals surface area contributed by atoms with Crippen LogP contribution in [0.25, 0.3) is 16.4 Å². The minimum atomic E-state index is -0.894. The molecular weight excluding hydrogens is 310 g/mol. The van der Waals surface area contributed by atoms with E-state index in [9.17, 15) is 4.79 Å². The predicted molar refractivity (Wildman–Crippen MR) is 91.7 cm³/mol. The van der Waals surface area contributed by atoms with Crippen molar-refractivity contribution >= 4 is 17.3 Å². The van der Waals surface area contributed by atoms with Crippen LogP contribution in [0.2, 0.25) is 0 Å². The van der Waals surface area contributed by atoms with Crippen molar-refractivity contribution in [2.75, 3.05) is 0 Å². The van der Waals surface area contributed by atoms with Gasteiger partial charge in [0.05, 0.1) is 16.3 Å². The molecule has 3 aromatic heterocycles. The fraction of sp³-hybridized carbons (Fsp3) is 0.294. The second-order valence-electron chi connectivity index (χ2n) is 5.71. The highest BCUT2D eigenvalue weighted by molar-refractivity contribution is 7.17. The summed E-state index contributed by atoms with van der Waals surface area (Å²) in [7, 11) is 0. The molecule has 0 aliphatic rings. The van der Waals surface area contributed by atoms with Gasteiger partial charge in [0, 0.05) is 5.69 Å². The van der Waals surface area contributed by atoms with Crippen molar-refractivity contribution in [2.45, 2.75) is 33.1 Å². The Morgan fingerprint density at radius 1 is 1.35 bits per heavy atom. The molecule has 2 N–H and O–H groups in total. The first kappa shape index (κ1) is 15.6. The van der Waals surface area contributed by atoms with Crippen molar-refractivity contribution in [3.8, 4) is 16.4 Å². The number of hydrogen-bond donors (Lipinski definition) is 2. The lowest BCUT2D eigenvalue weighted by molar-refractivity contribution is 0.0702. The number of thiophene rings is 1. The molecule has 0 fully saturated rings. The van der Waals surface area contributed by atoms with Crippen LogP contribution in [-0.2, 0) is 6.42 Å². The standard InChI is InChI=1S/C17H19N3O2S/c1-4-11-9-13(10(2)3)20(19-11)16-8-5-12(18-16)14-6-7-15(23-14)17(21)22/h5-10,18H,4H2,1-3H3,(H,21,22). The van der Waals surface area contributed by atoms with Crippen molar-refractivity contribution in [1.82, 2.24) is 14.8 Å². The molecule has 23 heavy (non-hydrogen) atoms. The highest BCUT2D eigenvalue weighted by Gasteiger charge is 2.15. The first-order valence-electron chi connectivity index (χ1n) is 7.61. The van der Waals surface area contributed by atoms with Gasteiger partial charge >= 0.3 is 5.97 Å². The number of rotatable bonds is 5. The predicted octanol–water partition coefficient (Wildman–Crippen LogP) is 4.31. The van der Waals surface area contributed by atoms with E-state index in [4.69, 9.17) is 5.11 Å². The van der Waals surface area contributed by atoms with Gasteiger partial charge in [-0.2, -0.15) is 5.10 Å². The highest BCUT2D eigenvalue weighted by atomic mass is 32.1. The SMILES string of the molecule is CCc1cc(C(C)C)n(-c2ccc(-c3ccc(C(=O)O)s3)[nH]2)n1. The zero-order valence-corrected chi connectivity index (χ0v) is 14.1. The number of aromatic nitrogens is 3. The summed E-state index contributed by atoms with van der Waals surface area (Å²) in [6.07, 6.45) is 0.896. The molecule has 0 radical (unpaired) electrons. The van der Waals surface area contributed by atoms with Gasteiger partial charge in [-0.15, -0.1) is 11.3 Å². The lowest BCUT2D eigenvalue weighted by Gasteiger charge is -2.07. The van der Waals surface area contributed by atoms with Crippen molar-refractivity contribution < 1.29 is 9.90 Å². The molecule has 0 saturated carbocycles. The van der Waals surface area contributed by atoms with Crippen LogP contribution in [0.15, 0.2) is 30.3 Å². The van der Waals surface area contributed by atoms with Crippen LogP contribution in [0.3, 0.4) is 0 Å². The molecule has 6 heteroatoms. The van der Waals surface area contributed by atoms with Crippen molar-refractivity contribution in [1.29, 1.82) is 0 Å². The molecule has 3 aromatic rings. The van der Waals surface area contributed by atoms with Crippen molar-refractivity contribution in [3.05, 3.63) is 46.6 Å². The van der Waals surface area contributed by atoms with E-state index in [2.05, 4.69) is 36.9 Å². The van der Waals surface area contributed by atoms with Crippen molar-refractivity contribution in [2.24, 2.45) is 0 Å². The quantitative estimate of drug-likeness (QED) is 0.732. The molecule has 0 bridgehead atoms. The number of aryl methyl sites for hydroxylation is 1. The zero-order chi connectivity index (χ0) is 16.6. The van der Waals surface area contributed by atoms with Crippen LogP contribution < -0.4 is 0 Å². The lowest BCUT2D eigenvalue weighted by Crippen LogP contribution is -2.04. The molecule has 3 heterocycles. The first-order chi connectivity index (χ1) is 11.0. The second-order valence-corrected chi connectivity index (χ2v) is 6.79. The number of aromatic amines is 1. The molecule has 0 amide bonds. The van der Waals surface area contributed by atoms with E-state index in [0.717, 1.165) is 34.2 Å². The Bertz CT molecular complexity index is 842. The van der Waals surface area contributed by atoms with E-state index < -0.39 is 5.97 Å². The Kier molecular flexibility index (Phi) is 4.09. The largest absolute Gasteiger partial charge is 0.477 e. The third-order valence-electron chi connectivity index (χ3n) is 3.72. The summed E-state index contributed by atoms with van der Waals surface area (Å²) in [6, 6.07) is 9.54. The lowest BCUT2D eigenvalue weighted by atomic mass is 10.1. The Morgan fingerprint density at radius 2 is 2.13 bits per heavy atom. The summed E-state index contributed by atoms with van der Waals surface area (Å²) in [4.78, 5) is 15.6.